The summed E-state index contributed by atoms with van der Waals surface area (Å²) in [6.45, 7) is 0.559. The Morgan fingerprint density at radius 2 is 1.76 bits per heavy atom. The standard InChI is InChI=1S/C17H16F3O/c18-17(19,20)15-9-6-8-14(13-15)7-4-5-12-21-16-10-2-1-3-11-16/h2-3,6,8-11,13H,4-5,7,12H2. The number of rotatable bonds is 6. The maximum atomic E-state index is 12.6. The van der Waals surface area contributed by atoms with Gasteiger partial charge in [0.05, 0.1) is 12.2 Å². The normalized spacial score (nSPS) is 11.4. The molecule has 1 nitrogen and oxygen atoms in total. The monoisotopic (exact) mass is 293 g/mol. The van der Waals surface area contributed by atoms with E-state index in [-0.39, 0.29) is 0 Å². The van der Waals surface area contributed by atoms with Crippen molar-refractivity contribution in [3.63, 3.8) is 0 Å². The summed E-state index contributed by atoms with van der Waals surface area (Å²) >= 11 is 0. The van der Waals surface area contributed by atoms with E-state index in [1.165, 1.54) is 12.1 Å². The van der Waals surface area contributed by atoms with Gasteiger partial charge in [-0.1, -0.05) is 30.3 Å². The third kappa shape index (κ3) is 5.14. The fourth-order valence-electron chi connectivity index (χ4n) is 1.99. The Bertz CT molecular complexity index is 549. The summed E-state index contributed by atoms with van der Waals surface area (Å²) in [6.07, 6.45) is -2.06. The lowest BCUT2D eigenvalue weighted by Crippen LogP contribution is -2.05. The van der Waals surface area contributed by atoms with E-state index in [1.54, 1.807) is 18.2 Å². The molecule has 111 valence electrons. The second kappa shape index (κ2) is 7.16. The van der Waals surface area contributed by atoms with Crippen LogP contribution in [0.3, 0.4) is 0 Å². The molecule has 0 aliphatic carbocycles. The molecular formula is C17H16F3O. The minimum atomic E-state index is -4.27. The molecule has 0 amide bonds. The van der Waals surface area contributed by atoms with Crippen LogP contribution in [-0.4, -0.2) is 6.61 Å². The Hall–Kier alpha value is -1.97. The molecule has 0 heterocycles. The molecule has 0 aromatic heterocycles. The number of aryl methyl sites for hydroxylation is 1. The highest BCUT2D eigenvalue weighted by atomic mass is 19.4. The minimum Gasteiger partial charge on any atom is -0.494 e. The van der Waals surface area contributed by atoms with Crippen LogP contribution >= 0.6 is 0 Å². The molecule has 0 unspecified atom stereocenters. The summed E-state index contributed by atoms with van der Waals surface area (Å²) in [5.41, 5.74) is 0.121. The quantitative estimate of drug-likeness (QED) is 0.688. The lowest BCUT2D eigenvalue weighted by atomic mass is 10.1. The second-order valence-corrected chi connectivity index (χ2v) is 4.74. The number of benzene rings is 2. The fourth-order valence-corrected chi connectivity index (χ4v) is 1.99. The molecule has 0 atom stereocenters. The van der Waals surface area contributed by atoms with Crippen molar-refractivity contribution < 1.29 is 17.9 Å². The molecule has 0 bridgehead atoms. The largest absolute Gasteiger partial charge is 0.494 e. The highest BCUT2D eigenvalue weighted by Gasteiger charge is 2.30. The van der Waals surface area contributed by atoms with E-state index in [0.29, 0.717) is 18.6 Å². The first-order valence-electron chi connectivity index (χ1n) is 6.81. The summed E-state index contributed by atoms with van der Waals surface area (Å²) in [4.78, 5) is 0. The SMILES string of the molecule is FC(F)(F)c1cccc(CCCCOc2cc[c]cc2)c1. The van der Waals surface area contributed by atoms with E-state index in [1.807, 2.05) is 12.1 Å². The number of alkyl halides is 3. The molecule has 2 aromatic carbocycles. The van der Waals surface area contributed by atoms with Gasteiger partial charge in [-0.3, -0.25) is 0 Å². The molecule has 0 fully saturated rings. The van der Waals surface area contributed by atoms with E-state index < -0.39 is 11.7 Å². The van der Waals surface area contributed by atoms with E-state index in [2.05, 4.69) is 6.07 Å². The van der Waals surface area contributed by atoms with Crippen LogP contribution in [0.15, 0.2) is 48.5 Å². The maximum Gasteiger partial charge on any atom is 0.416 e. The van der Waals surface area contributed by atoms with Crippen molar-refractivity contribution in [1.82, 2.24) is 0 Å². The topological polar surface area (TPSA) is 9.23 Å². The zero-order valence-corrected chi connectivity index (χ0v) is 11.5. The van der Waals surface area contributed by atoms with Crippen LogP contribution < -0.4 is 4.74 Å². The number of halogens is 3. The number of hydrogen-bond donors (Lipinski definition) is 0. The van der Waals surface area contributed by atoms with Gasteiger partial charge >= 0.3 is 6.18 Å². The molecule has 0 saturated carbocycles. The molecule has 2 aromatic rings. The van der Waals surface area contributed by atoms with Gasteiger partial charge in [0.2, 0.25) is 0 Å². The zero-order chi connectivity index (χ0) is 15.1. The van der Waals surface area contributed by atoms with Gasteiger partial charge in [0.25, 0.3) is 0 Å². The van der Waals surface area contributed by atoms with Gasteiger partial charge < -0.3 is 4.74 Å². The van der Waals surface area contributed by atoms with Crippen LogP contribution in [0.5, 0.6) is 5.75 Å². The summed E-state index contributed by atoms with van der Waals surface area (Å²) < 4.78 is 43.2. The molecule has 4 heteroatoms. The molecule has 21 heavy (non-hydrogen) atoms. The van der Waals surface area contributed by atoms with Crippen LogP contribution in [0.1, 0.15) is 24.0 Å². The summed E-state index contributed by atoms with van der Waals surface area (Å²) in [6, 6.07) is 15.6. The molecule has 0 aliphatic rings. The van der Waals surface area contributed by atoms with Crippen molar-refractivity contribution in [1.29, 1.82) is 0 Å². The highest BCUT2D eigenvalue weighted by Crippen LogP contribution is 2.29. The molecule has 0 saturated heterocycles. The molecule has 0 spiro atoms. The van der Waals surface area contributed by atoms with Crippen LogP contribution in [0.4, 0.5) is 13.2 Å². The lowest BCUT2D eigenvalue weighted by molar-refractivity contribution is -0.137. The van der Waals surface area contributed by atoms with E-state index in [4.69, 9.17) is 4.74 Å². The van der Waals surface area contributed by atoms with Crippen molar-refractivity contribution in [3.05, 3.63) is 65.7 Å². The van der Waals surface area contributed by atoms with Gasteiger partial charge in [-0.05, 0) is 49.1 Å². The van der Waals surface area contributed by atoms with Gasteiger partial charge in [-0.15, -0.1) is 0 Å². The van der Waals surface area contributed by atoms with Crippen LogP contribution in [0.2, 0.25) is 0 Å². The van der Waals surface area contributed by atoms with E-state index in [0.717, 1.165) is 24.7 Å². The zero-order valence-electron chi connectivity index (χ0n) is 11.5. The Kier molecular flexibility index (Phi) is 5.26. The second-order valence-electron chi connectivity index (χ2n) is 4.74. The van der Waals surface area contributed by atoms with Crippen LogP contribution in [0, 0.1) is 6.07 Å². The predicted molar refractivity (Wildman–Crippen MR) is 75.2 cm³/mol. The van der Waals surface area contributed by atoms with Crippen molar-refractivity contribution in [2.75, 3.05) is 6.61 Å². The first kappa shape index (κ1) is 15.4. The molecular weight excluding hydrogens is 277 g/mol. The Balaban J connectivity index is 1.74. The molecule has 0 aliphatic heterocycles. The highest BCUT2D eigenvalue weighted by molar-refractivity contribution is 5.25. The number of ether oxygens (including phenoxy) is 1. The minimum absolute atomic E-state index is 0.559. The number of unbranched alkanes of at least 4 members (excludes halogenated alkanes) is 1. The average Bonchev–Trinajstić information content (AvgIpc) is 2.47. The van der Waals surface area contributed by atoms with Crippen LogP contribution in [-0.2, 0) is 12.6 Å². The van der Waals surface area contributed by atoms with Gasteiger partial charge in [-0.25, -0.2) is 0 Å². The first-order chi connectivity index (χ1) is 10.1. The van der Waals surface area contributed by atoms with E-state index in [9.17, 15) is 13.2 Å². The van der Waals surface area contributed by atoms with Gasteiger partial charge in [0.15, 0.2) is 0 Å². The fraction of sp³-hybridized carbons (Fsp3) is 0.294. The van der Waals surface area contributed by atoms with Crippen molar-refractivity contribution in [3.8, 4) is 5.75 Å². The molecule has 0 N–H and O–H groups in total. The molecule has 2 rings (SSSR count). The van der Waals surface area contributed by atoms with Gasteiger partial charge in [-0.2, -0.15) is 13.2 Å². The Morgan fingerprint density at radius 3 is 2.48 bits per heavy atom. The van der Waals surface area contributed by atoms with Gasteiger partial charge in [0, 0.05) is 0 Å². The summed E-state index contributed by atoms with van der Waals surface area (Å²) in [5.74, 6) is 0.785. The van der Waals surface area contributed by atoms with E-state index >= 15 is 0 Å². The maximum absolute atomic E-state index is 12.6. The third-order valence-electron chi connectivity index (χ3n) is 3.07. The smallest absolute Gasteiger partial charge is 0.416 e. The van der Waals surface area contributed by atoms with Crippen LogP contribution in [0.25, 0.3) is 0 Å². The molecule has 1 radical (unpaired) electrons. The predicted octanol–water partition coefficient (Wildman–Crippen LogP) is 4.91. The lowest BCUT2D eigenvalue weighted by Gasteiger charge is -2.09. The van der Waals surface area contributed by atoms with Crippen molar-refractivity contribution in [2.24, 2.45) is 0 Å². The van der Waals surface area contributed by atoms with Crippen molar-refractivity contribution in [2.45, 2.75) is 25.4 Å². The third-order valence-corrected chi connectivity index (χ3v) is 3.07. The van der Waals surface area contributed by atoms with Crippen molar-refractivity contribution >= 4 is 0 Å². The summed E-state index contributed by atoms with van der Waals surface area (Å²) in [7, 11) is 0. The average molecular weight is 293 g/mol. The Labute approximate surface area is 122 Å². The Morgan fingerprint density at radius 1 is 1.00 bits per heavy atom. The summed E-state index contributed by atoms with van der Waals surface area (Å²) in [5, 5.41) is 0. The first-order valence-corrected chi connectivity index (χ1v) is 6.81. The number of hydrogen-bond acceptors (Lipinski definition) is 1. The van der Waals surface area contributed by atoms with Gasteiger partial charge in [0.1, 0.15) is 5.75 Å².